The van der Waals surface area contributed by atoms with Gasteiger partial charge < -0.3 is 20.9 Å². The molecule has 0 bridgehead atoms. The molecule has 2 atom stereocenters. The zero-order valence-corrected chi connectivity index (χ0v) is 14.8. The van der Waals surface area contributed by atoms with E-state index in [1.807, 2.05) is 11.0 Å². The van der Waals surface area contributed by atoms with Crippen LogP contribution >= 0.6 is 0 Å². The first kappa shape index (κ1) is 17.5. The monoisotopic (exact) mass is 345 g/mol. The van der Waals surface area contributed by atoms with E-state index < -0.39 is 0 Å². The summed E-state index contributed by atoms with van der Waals surface area (Å²) in [6.45, 7) is 4.40. The Morgan fingerprint density at radius 2 is 1.96 bits per heavy atom. The minimum absolute atomic E-state index is 0.0327. The van der Waals surface area contributed by atoms with Crippen molar-refractivity contribution in [3.63, 3.8) is 0 Å². The van der Waals surface area contributed by atoms with Gasteiger partial charge in [0, 0.05) is 39.1 Å². The summed E-state index contributed by atoms with van der Waals surface area (Å²) in [7, 11) is 0. The molecule has 136 valence electrons. The number of amides is 2. The molecule has 7 heteroatoms. The summed E-state index contributed by atoms with van der Waals surface area (Å²) < 4.78 is 0. The second-order valence-corrected chi connectivity index (χ2v) is 7.02. The number of rotatable bonds is 3. The number of nitrogens with two attached hydrogens (primary N) is 1. The highest BCUT2D eigenvalue weighted by atomic mass is 16.2. The molecule has 1 aromatic rings. The maximum atomic E-state index is 12.8. The van der Waals surface area contributed by atoms with Gasteiger partial charge in [-0.05, 0) is 37.8 Å². The molecule has 1 aromatic heterocycles. The van der Waals surface area contributed by atoms with Crippen molar-refractivity contribution in [2.75, 3.05) is 37.2 Å². The lowest BCUT2D eigenvalue weighted by atomic mass is 10.1. The van der Waals surface area contributed by atoms with Crippen LogP contribution in [0.1, 0.15) is 32.6 Å². The Hall–Kier alpha value is -2.31. The van der Waals surface area contributed by atoms with Crippen molar-refractivity contribution in [2.45, 2.75) is 38.6 Å². The van der Waals surface area contributed by atoms with Gasteiger partial charge >= 0.3 is 0 Å². The van der Waals surface area contributed by atoms with Gasteiger partial charge in [-0.15, -0.1) is 0 Å². The summed E-state index contributed by atoms with van der Waals surface area (Å²) in [6.07, 6.45) is 5.46. The molecule has 3 N–H and O–H groups in total. The number of pyridine rings is 1. The van der Waals surface area contributed by atoms with Crippen LogP contribution in [-0.4, -0.2) is 58.8 Å². The van der Waals surface area contributed by atoms with Crippen molar-refractivity contribution in [1.82, 2.24) is 14.8 Å². The molecule has 3 rings (SSSR count). The Morgan fingerprint density at radius 1 is 1.16 bits per heavy atom. The Bertz CT molecular complexity index is 618. The molecule has 25 heavy (non-hydrogen) atoms. The molecule has 0 radical (unpaired) electrons. The quantitative estimate of drug-likeness (QED) is 0.862. The van der Waals surface area contributed by atoms with E-state index in [9.17, 15) is 9.59 Å². The van der Waals surface area contributed by atoms with Gasteiger partial charge in [-0.2, -0.15) is 0 Å². The molecule has 3 heterocycles. The highest BCUT2D eigenvalue weighted by Gasteiger charge is 2.33. The standard InChI is InChI=1S/C18H27N5O2/c1-13(24)23-9-6-14(12-23)18(25)22-8-2-3-15(7-10-22)21-16-4-5-17(19)20-11-16/h4-5,11,14-15,21H,2-3,6-10,12H2,1H3,(H2,19,20)/t14-,15-/m1/s1. The minimum Gasteiger partial charge on any atom is -0.384 e. The maximum Gasteiger partial charge on any atom is 0.227 e. The van der Waals surface area contributed by atoms with Crippen molar-refractivity contribution < 1.29 is 9.59 Å². The fraction of sp³-hybridized carbons (Fsp3) is 0.611. The van der Waals surface area contributed by atoms with Crippen LogP contribution in [0.25, 0.3) is 0 Å². The molecule has 0 aliphatic carbocycles. The van der Waals surface area contributed by atoms with Crippen LogP contribution in [0.5, 0.6) is 0 Å². The second kappa shape index (κ2) is 7.72. The molecule has 2 aliphatic heterocycles. The third-order valence-electron chi connectivity index (χ3n) is 5.18. The van der Waals surface area contributed by atoms with Gasteiger partial charge in [0.25, 0.3) is 0 Å². The first-order chi connectivity index (χ1) is 12.0. The van der Waals surface area contributed by atoms with E-state index in [0.717, 1.165) is 44.5 Å². The number of nitrogen functional groups attached to an aromatic ring is 1. The number of aromatic nitrogens is 1. The van der Waals surface area contributed by atoms with E-state index in [-0.39, 0.29) is 17.7 Å². The minimum atomic E-state index is -0.0327. The van der Waals surface area contributed by atoms with Crippen LogP contribution in [0, 0.1) is 5.92 Å². The van der Waals surface area contributed by atoms with Crippen molar-refractivity contribution >= 4 is 23.3 Å². The van der Waals surface area contributed by atoms with Gasteiger partial charge in [0.05, 0.1) is 17.8 Å². The number of hydrogen-bond acceptors (Lipinski definition) is 5. The summed E-state index contributed by atoms with van der Waals surface area (Å²) in [4.78, 5) is 32.1. The molecule has 2 fully saturated rings. The molecule has 2 amide bonds. The molecule has 0 unspecified atom stereocenters. The first-order valence-corrected chi connectivity index (χ1v) is 9.05. The van der Waals surface area contributed by atoms with Crippen LogP contribution in [0.2, 0.25) is 0 Å². The average Bonchev–Trinajstić information content (AvgIpc) is 2.98. The molecule has 0 saturated carbocycles. The number of nitrogens with one attached hydrogen (secondary N) is 1. The van der Waals surface area contributed by atoms with Crippen molar-refractivity contribution in [3.05, 3.63) is 18.3 Å². The molecule has 0 spiro atoms. The highest BCUT2D eigenvalue weighted by molar-refractivity contribution is 5.81. The number of carbonyl (C=O) groups is 2. The fourth-order valence-electron chi connectivity index (χ4n) is 3.69. The average molecular weight is 345 g/mol. The van der Waals surface area contributed by atoms with Gasteiger partial charge in [-0.1, -0.05) is 0 Å². The van der Waals surface area contributed by atoms with Gasteiger partial charge in [-0.25, -0.2) is 4.98 Å². The van der Waals surface area contributed by atoms with Crippen LogP contribution in [-0.2, 0) is 9.59 Å². The lowest BCUT2D eigenvalue weighted by molar-refractivity contribution is -0.135. The number of carbonyl (C=O) groups excluding carboxylic acids is 2. The second-order valence-electron chi connectivity index (χ2n) is 7.02. The van der Waals surface area contributed by atoms with Crippen LogP contribution in [0.4, 0.5) is 11.5 Å². The van der Waals surface area contributed by atoms with Gasteiger partial charge in [0.2, 0.25) is 11.8 Å². The van der Waals surface area contributed by atoms with Gasteiger partial charge in [-0.3, -0.25) is 9.59 Å². The van der Waals surface area contributed by atoms with Crippen LogP contribution < -0.4 is 11.1 Å². The highest BCUT2D eigenvalue weighted by Crippen LogP contribution is 2.22. The van der Waals surface area contributed by atoms with Crippen molar-refractivity contribution in [1.29, 1.82) is 0 Å². The summed E-state index contributed by atoms with van der Waals surface area (Å²) in [5, 5.41) is 3.49. The topological polar surface area (TPSA) is 91.6 Å². The van der Waals surface area contributed by atoms with Crippen LogP contribution in [0.15, 0.2) is 18.3 Å². The molecule has 7 nitrogen and oxygen atoms in total. The molecular formula is C18H27N5O2. The Labute approximate surface area is 148 Å². The zero-order chi connectivity index (χ0) is 17.8. The van der Waals surface area contributed by atoms with Crippen molar-refractivity contribution in [2.24, 2.45) is 5.92 Å². The Kier molecular flexibility index (Phi) is 5.40. The summed E-state index contributed by atoms with van der Waals surface area (Å²) >= 11 is 0. The lowest BCUT2D eigenvalue weighted by Crippen LogP contribution is -2.38. The van der Waals surface area contributed by atoms with Crippen LogP contribution in [0.3, 0.4) is 0 Å². The predicted octanol–water partition coefficient (Wildman–Crippen LogP) is 1.33. The predicted molar refractivity (Wildman–Crippen MR) is 96.9 cm³/mol. The number of hydrogen-bond donors (Lipinski definition) is 2. The van der Waals surface area contributed by atoms with E-state index in [4.69, 9.17) is 5.73 Å². The number of likely N-dealkylation sites (tertiary alicyclic amines) is 2. The van der Waals surface area contributed by atoms with E-state index in [0.29, 0.717) is 24.9 Å². The van der Waals surface area contributed by atoms with Gasteiger partial charge in [0.15, 0.2) is 0 Å². The van der Waals surface area contributed by atoms with Crippen molar-refractivity contribution in [3.8, 4) is 0 Å². The number of anilines is 2. The summed E-state index contributed by atoms with van der Waals surface area (Å²) in [5.41, 5.74) is 6.58. The van der Waals surface area contributed by atoms with E-state index in [2.05, 4.69) is 10.3 Å². The maximum absolute atomic E-state index is 12.8. The Balaban J connectivity index is 1.52. The zero-order valence-electron chi connectivity index (χ0n) is 14.8. The van der Waals surface area contributed by atoms with E-state index in [1.165, 1.54) is 0 Å². The lowest BCUT2D eigenvalue weighted by Gasteiger charge is -2.24. The summed E-state index contributed by atoms with van der Waals surface area (Å²) in [5.74, 6) is 0.750. The number of nitrogens with zero attached hydrogens (tertiary/aromatic N) is 3. The Morgan fingerprint density at radius 3 is 2.64 bits per heavy atom. The fourth-order valence-corrected chi connectivity index (χ4v) is 3.69. The molecule has 2 saturated heterocycles. The molecular weight excluding hydrogens is 318 g/mol. The first-order valence-electron chi connectivity index (χ1n) is 9.05. The SMILES string of the molecule is CC(=O)N1CC[C@@H](C(=O)N2CCC[C@@H](Nc3ccc(N)nc3)CC2)C1. The molecule has 0 aromatic carbocycles. The third kappa shape index (κ3) is 4.41. The third-order valence-corrected chi connectivity index (χ3v) is 5.18. The largest absolute Gasteiger partial charge is 0.384 e. The van der Waals surface area contributed by atoms with E-state index >= 15 is 0 Å². The van der Waals surface area contributed by atoms with Gasteiger partial charge in [0.1, 0.15) is 5.82 Å². The molecule has 2 aliphatic rings. The smallest absolute Gasteiger partial charge is 0.227 e. The summed E-state index contributed by atoms with van der Waals surface area (Å²) in [6, 6.07) is 4.06. The normalized spacial score (nSPS) is 24.0. The van der Waals surface area contributed by atoms with E-state index in [1.54, 1.807) is 24.1 Å².